The third-order valence-corrected chi connectivity index (χ3v) is 5.69. The van der Waals surface area contributed by atoms with Crippen molar-refractivity contribution in [3.05, 3.63) is 0 Å². The molecular weight excluding hydrogens is 432 g/mol. The zero-order chi connectivity index (χ0) is 22.6. The fraction of sp³-hybridized carbons (Fsp3) is 0.750. The molecule has 2 saturated carbocycles. The summed E-state index contributed by atoms with van der Waals surface area (Å²) in [6.45, 7) is -1.41. The van der Waals surface area contributed by atoms with Crippen molar-refractivity contribution < 1.29 is 60.0 Å². The summed E-state index contributed by atoms with van der Waals surface area (Å²) in [7, 11) is 0. The van der Waals surface area contributed by atoms with Gasteiger partial charge in [0.25, 0.3) is 0 Å². The average Bonchev–Trinajstić information content (AvgIpc) is 3.18. The monoisotopic (exact) mass is 444 g/mol. The summed E-state index contributed by atoms with van der Waals surface area (Å²) in [5, 5.41) is 19.7. The molecule has 6 unspecified atom stereocenters. The van der Waals surface area contributed by atoms with Gasteiger partial charge < -0.3 is 24.1 Å². The number of halogens is 6. The largest absolute Gasteiger partial charge is 0.550 e. The SMILES string of the molecule is N#CC1C2CC3C(OC(=O)C13)C2OCC(=O)OC(CC(=O)[O-])(C(F)(F)F)C(F)(F)F. The van der Waals surface area contributed by atoms with Gasteiger partial charge in [0.05, 0.1) is 24.0 Å². The number of ether oxygens (including phenoxy) is 3. The topological polar surface area (TPSA) is 126 Å². The molecule has 0 aromatic carbocycles. The quantitative estimate of drug-likeness (QED) is 0.422. The standard InChI is InChI=1S/C16H13F6NO7/c17-15(18,19)14(2-8(24)25,16(20,21)22)30-9(26)4-28-11-5-1-6-10(7(5)3-23)13(27)29-12(6)11/h5-7,10-12H,1-2,4H2,(H,24,25)/p-1. The Kier molecular flexibility index (Phi) is 5.16. The van der Waals surface area contributed by atoms with Crippen LogP contribution in [0.15, 0.2) is 0 Å². The normalized spacial score (nSPS) is 32.6. The van der Waals surface area contributed by atoms with Crippen molar-refractivity contribution in [3.63, 3.8) is 0 Å². The lowest BCUT2D eigenvalue weighted by Crippen LogP contribution is -2.62. The summed E-state index contributed by atoms with van der Waals surface area (Å²) in [6, 6.07) is 1.90. The molecule has 0 aromatic rings. The van der Waals surface area contributed by atoms with Gasteiger partial charge in [-0.05, 0) is 6.42 Å². The fourth-order valence-electron chi connectivity index (χ4n) is 4.49. The Morgan fingerprint density at radius 2 is 1.77 bits per heavy atom. The number of carboxylic acid groups (broad SMARTS) is 1. The summed E-state index contributed by atoms with van der Waals surface area (Å²) < 4.78 is 92.3. The number of carbonyl (C=O) groups is 3. The van der Waals surface area contributed by atoms with Crippen LogP contribution >= 0.6 is 0 Å². The molecule has 3 aliphatic rings. The van der Waals surface area contributed by atoms with Crippen LogP contribution in [0.4, 0.5) is 26.3 Å². The van der Waals surface area contributed by atoms with Crippen molar-refractivity contribution in [2.45, 2.75) is 43.0 Å². The highest BCUT2D eigenvalue weighted by atomic mass is 19.4. The molecule has 8 nitrogen and oxygen atoms in total. The van der Waals surface area contributed by atoms with E-state index in [4.69, 9.17) is 9.47 Å². The van der Waals surface area contributed by atoms with Crippen LogP contribution in [0.1, 0.15) is 12.8 Å². The Balaban J connectivity index is 1.74. The van der Waals surface area contributed by atoms with Crippen LogP contribution < -0.4 is 5.11 Å². The van der Waals surface area contributed by atoms with Crippen LogP contribution in [0.25, 0.3) is 0 Å². The Hall–Kier alpha value is -2.56. The first-order chi connectivity index (χ1) is 13.7. The van der Waals surface area contributed by atoms with Crippen LogP contribution in [0.5, 0.6) is 0 Å². The molecule has 14 heteroatoms. The molecule has 1 heterocycles. The van der Waals surface area contributed by atoms with Gasteiger partial charge in [-0.3, -0.25) is 4.79 Å². The molecule has 1 aliphatic heterocycles. The van der Waals surface area contributed by atoms with Gasteiger partial charge in [-0.2, -0.15) is 31.6 Å². The molecule has 3 fully saturated rings. The summed E-state index contributed by atoms with van der Waals surface area (Å²) in [5.41, 5.74) is -5.33. The lowest BCUT2D eigenvalue weighted by molar-refractivity contribution is -0.381. The van der Waals surface area contributed by atoms with Crippen LogP contribution in [-0.4, -0.2) is 54.7 Å². The van der Waals surface area contributed by atoms with Crippen molar-refractivity contribution in [1.82, 2.24) is 0 Å². The van der Waals surface area contributed by atoms with Gasteiger partial charge in [-0.15, -0.1) is 0 Å². The second-order valence-corrected chi connectivity index (χ2v) is 7.27. The van der Waals surface area contributed by atoms with E-state index in [-0.39, 0.29) is 0 Å². The molecule has 0 N–H and O–H groups in total. The second-order valence-electron chi connectivity index (χ2n) is 7.27. The summed E-state index contributed by atoms with van der Waals surface area (Å²) >= 11 is 0. The zero-order valence-corrected chi connectivity index (χ0v) is 14.7. The van der Waals surface area contributed by atoms with Crippen LogP contribution in [0.3, 0.4) is 0 Å². The van der Waals surface area contributed by atoms with Crippen LogP contribution in [0, 0.1) is 35.0 Å². The number of hydrogen-bond donors (Lipinski definition) is 0. The van der Waals surface area contributed by atoms with Crippen molar-refractivity contribution in [1.29, 1.82) is 5.26 Å². The number of carbonyl (C=O) groups excluding carboxylic acids is 3. The predicted molar refractivity (Wildman–Crippen MR) is 74.4 cm³/mol. The number of aliphatic carboxylic acids is 1. The first-order valence-electron chi connectivity index (χ1n) is 8.50. The molecule has 0 spiro atoms. The second kappa shape index (κ2) is 7.00. The molecule has 0 radical (unpaired) electrons. The number of esters is 2. The van der Waals surface area contributed by atoms with Gasteiger partial charge in [0, 0.05) is 24.2 Å². The first kappa shape index (κ1) is 22.1. The minimum absolute atomic E-state index is 0.304. The molecule has 3 rings (SSSR count). The Bertz CT molecular complexity index is 789. The zero-order valence-electron chi connectivity index (χ0n) is 14.7. The smallest absolute Gasteiger partial charge is 0.437 e. The number of carboxylic acids is 1. The van der Waals surface area contributed by atoms with Crippen molar-refractivity contribution >= 4 is 17.9 Å². The summed E-state index contributed by atoms with van der Waals surface area (Å²) in [4.78, 5) is 34.1. The van der Waals surface area contributed by atoms with Gasteiger partial charge in [-0.25, -0.2) is 4.79 Å². The van der Waals surface area contributed by atoms with E-state index >= 15 is 0 Å². The van der Waals surface area contributed by atoms with Gasteiger partial charge in [0.2, 0.25) is 0 Å². The maximum atomic E-state index is 13.1. The van der Waals surface area contributed by atoms with Gasteiger partial charge in [0.15, 0.2) is 0 Å². The van der Waals surface area contributed by atoms with Gasteiger partial charge in [-0.1, -0.05) is 0 Å². The minimum atomic E-state index is -6.31. The molecule has 0 aromatic heterocycles. The summed E-state index contributed by atoms with van der Waals surface area (Å²) in [5.74, 6) is -8.07. The maximum Gasteiger partial charge on any atom is 0.437 e. The number of nitrogens with zero attached hydrogens (tertiary/aromatic N) is 1. The Morgan fingerprint density at radius 1 is 1.17 bits per heavy atom. The molecule has 166 valence electrons. The molecule has 2 aliphatic carbocycles. The van der Waals surface area contributed by atoms with Crippen molar-refractivity contribution in [3.8, 4) is 6.07 Å². The van der Waals surface area contributed by atoms with Crippen molar-refractivity contribution in [2.24, 2.45) is 23.7 Å². The minimum Gasteiger partial charge on any atom is -0.550 e. The molecule has 2 bridgehead atoms. The number of hydrogen-bond acceptors (Lipinski definition) is 8. The van der Waals surface area contributed by atoms with E-state index < -0.39 is 84.8 Å². The highest BCUT2D eigenvalue weighted by Gasteiger charge is 2.74. The molecule has 30 heavy (non-hydrogen) atoms. The van der Waals surface area contributed by atoms with E-state index in [0.29, 0.717) is 6.42 Å². The van der Waals surface area contributed by atoms with E-state index in [1.807, 2.05) is 6.07 Å². The lowest BCUT2D eigenvalue weighted by atomic mass is 9.79. The molecular formula is C16H12F6NO7-. The van der Waals surface area contributed by atoms with E-state index in [0.717, 1.165) is 0 Å². The Labute approximate surface area is 163 Å². The molecule has 6 atom stereocenters. The van der Waals surface area contributed by atoms with Crippen molar-refractivity contribution in [2.75, 3.05) is 6.61 Å². The maximum absolute atomic E-state index is 13.1. The van der Waals surface area contributed by atoms with E-state index in [9.17, 15) is 51.1 Å². The number of nitriles is 1. The highest BCUT2D eigenvalue weighted by Crippen LogP contribution is 2.58. The highest BCUT2D eigenvalue weighted by molar-refractivity contribution is 5.78. The van der Waals surface area contributed by atoms with E-state index in [1.54, 1.807) is 0 Å². The number of alkyl halides is 6. The van der Waals surface area contributed by atoms with E-state index in [1.165, 1.54) is 0 Å². The van der Waals surface area contributed by atoms with Gasteiger partial charge in [0.1, 0.15) is 12.7 Å². The number of rotatable bonds is 6. The lowest BCUT2D eigenvalue weighted by Gasteiger charge is -2.37. The van der Waals surface area contributed by atoms with E-state index in [2.05, 4.69) is 4.74 Å². The first-order valence-corrected chi connectivity index (χ1v) is 8.50. The predicted octanol–water partition coefficient (Wildman–Crippen LogP) is 0.249. The third-order valence-electron chi connectivity index (χ3n) is 5.69. The summed E-state index contributed by atoms with van der Waals surface area (Å²) in [6.07, 6.45) is -17.0. The third kappa shape index (κ3) is 3.24. The number of fused-ring (bicyclic) bond motifs is 1. The van der Waals surface area contributed by atoms with Crippen LogP contribution in [0.2, 0.25) is 0 Å². The Morgan fingerprint density at radius 3 is 2.27 bits per heavy atom. The molecule has 1 saturated heterocycles. The van der Waals surface area contributed by atoms with Gasteiger partial charge >= 0.3 is 29.9 Å². The fourth-order valence-corrected chi connectivity index (χ4v) is 4.49. The molecule has 0 amide bonds. The average molecular weight is 444 g/mol. The van der Waals surface area contributed by atoms with Crippen LogP contribution in [-0.2, 0) is 28.6 Å².